The maximum absolute atomic E-state index is 5.87. The van der Waals surface area contributed by atoms with Gasteiger partial charge in [-0.3, -0.25) is 4.99 Å². The van der Waals surface area contributed by atoms with Crippen molar-refractivity contribution in [3.8, 4) is 5.75 Å². The first-order valence-corrected chi connectivity index (χ1v) is 11.1. The largest absolute Gasteiger partial charge is 0.493 e. The minimum atomic E-state index is 0. The Balaban J connectivity index is 0.00000341. The van der Waals surface area contributed by atoms with E-state index in [1.807, 2.05) is 31.2 Å². The second kappa shape index (κ2) is 13.6. The zero-order chi connectivity index (χ0) is 21.2. The molecule has 2 heterocycles. The van der Waals surface area contributed by atoms with Gasteiger partial charge in [0.1, 0.15) is 11.5 Å². The average Bonchev–Trinajstić information content (AvgIpc) is 3.26. The number of halogens is 1. The smallest absolute Gasteiger partial charge is 0.191 e. The number of guanidine groups is 1. The molecule has 2 atom stereocenters. The second-order valence-corrected chi connectivity index (χ2v) is 7.88. The molecule has 6 nitrogen and oxygen atoms in total. The molecule has 3 rings (SSSR count). The van der Waals surface area contributed by atoms with Crippen LogP contribution in [0.3, 0.4) is 0 Å². The molecule has 7 heteroatoms. The molecule has 1 aliphatic heterocycles. The standard InChI is InChI=1S/C24H35N3O3.HI/c1-4-28-22(18(2)3)12-15-26-24(25-14-11-19-8-7-16-29-19)27-21-13-17-30-23-10-6-5-9-20(21)23;/h5-10,16,18,21-22H,4,11-15,17H2,1-3H3,(H2,25,26,27);1H. The summed E-state index contributed by atoms with van der Waals surface area (Å²) in [6.45, 7) is 9.34. The minimum Gasteiger partial charge on any atom is -0.493 e. The van der Waals surface area contributed by atoms with Crippen molar-refractivity contribution in [1.82, 2.24) is 10.6 Å². The number of ether oxygens (including phenoxy) is 2. The summed E-state index contributed by atoms with van der Waals surface area (Å²) in [5.41, 5.74) is 1.18. The van der Waals surface area contributed by atoms with E-state index in [1.165, 1.54) is 5.56 Å². The average molecular weight is 541 g/mol. The van der Waals surface area contributed by atoms with Gasteiger partial charge in [-0.2, -0.15) is 0 Å². The molecule has 1 aliphatic rings. The molecule has 2 unspecified atom stereocenters. The summed E-state index contributed by atoms with van der Waals surface area (Å²) in [5.74, 6) is 3.22. The summed E-state index contributed by atoms with van der Waals surface area (Å²) < 4.78 is 17.1. The molecule has 2 aromatic rings. The van der Waals surface area contributed by atoms with Crippen LogP contribution >= 0.6 is 24.0 Å². The Morgan fingerprint density at radius 2 is 2.06 bits per heavy atom. The third-order valence-electron chi connectivity index (χ3n) is 5.32. The molecule has 0 saturated carbocycles. The van der Waals surface area contributed by atoms with Crippen molar-refractivity contribution >= 4 is 29.9 Å². The monoisotopic (exact) mass is 541 g/mol. The number of furan rings is 1. The minimum absolute atomic E-state index is 0. The first kappa shape index (κ1) is 25.5. The first-order chi connectivity index (χ1) is 14.7. The molecule has 0 aliphatic carbocycles. The topological polar surface area (TPSA) is 68.0 Å². The van der Waals surface area contributed by atoms with E-state index in [1.54, 1.807) is 6.26 Å². The van der Waals surface area contributed by atoms with Crippen LogP contribution in [0.25, 0.3) is 0 Å². The molecule has 0 saturated heterocycles. The summed E-state index contributed by atoms with van der Waals surface area (Å²) >= 11 is 0. The summed E-state index contributed by atoms with van der Waals surface area (Å²) in [6.07, 6.45) is 4.56. The molecule has 2 N–H and O–H groups in total. The highest BCUT2D eigenvalue weighted by molar-refractivity contribution is 14.0. The molecule has 1 aromatic carbocycles. The van der Waals surface area contributed by atoms with Crippen LogP contribution in [0.4, 0.5) is 0 Å². The van der Waals surface area contributed by atoms with Crippen molar-refractivity contribution < 1.29 is 13.9 Å². The molecule has 0 amide bonds. The van der Waals surface area contributed by atoms with Crippen LogP contribution in [-0.4, -0.2) is 38.4 Å². The number of hydrogen-bond donors (Lipinski definition) is 2. The van der Waals surface area contributed by atoms with Crippen molar-refractivity contribution in [1.29, 1.82) is 0 Å². The first-order valence-electron chi connectivity index (χ1n) is 11.1. The summed E-state index contributed by atoms with van der Waals surface area (Å²) in [5, 5.41) is 7.08. The Labute approximate surface area is 203 Å². The van der Waals surface area contributed by atoms with Crippen LogP contribution in [0.1, 0.15) is 51.0 Å². The van der Waals surface area contributed by atoms with Crippen molar-refractivity contribution in [2.24, 2.45) is 10.9 Å². The van der Waals surface area contributed by atoms with E-state index in [9.17, 15) is 0 Å². The van der Waals surface area contributed by atoms with Gasteiger partial charge >= 0.3 is 0 Å². The predicted molar refractivity (Wildman–Crippen MR) is 135 cm³/mol. The van der Waals surface area contributed by atoms with Crippen LogP contribution in [0.5, 0.6) is 5.75 Å². The quantitative estimate of drug-likeness (QED) is 0.253. The number of aliphatic imine (C=N–C) groups is 1. The zero-order valence-corrected chi connectivity index (χ0v) is 21.1. The Kier molecular flexibility index (Phi) is 11.2. The van der Waals surface area contributed by atoms with Gasteiger partial charge in [0.25, 0.3) is 0 Å². The van der Waals surface area contributed by atoms with Gasteiger partial charge in [0.2, 0.25) is 0 Å². The summed E-state index contributed by atoms with van der Waals surface area (Å²) in [6, 6.07) is 12.3. The maximum Gasteiger partial charge on any atom is 0.191 e. The highest BCUT2D eigenvalue weighted by atomic mass is 127. The van der Waals surface area contributed by atoms with Gasteiger partial charge in [-0.05, 0) is 37.5 Å². The second-order valence-electron chi connectivity index (χ2n) is 7.88. The number of benzene rings is 1. The summed E-state index contributed by atoms with van der Waals surface area (Å²) in [7, 11) is 0. The van der Waals surface area contributed by atoms with Gasteiger partial charge in [-0.1, -0.05) is 32.0 Å². The number of hydrogen-bond acceptors (Lipinski definition) is 4. The third kappa shape index (κ3) is 8.03. The fourth-order valence-electron chi connectivity index (χ4n) is 3.70. The number of nitrogens with zero attached hydrogens (tertiary/aromatic N) is 1. The molecule has 0 radical (unpaired) electrons. The van der Waals surface area contributed by atoms with E-state index in [0.717, 1.165) is 49.9 Å². The van der Waals surface area contributed by atoms with E-state index in [-0.39, 0.29) is 36.1 Å². The van der Waals surface area contributed by atoms with Crippen LogP contribution in [0, 0.1) is 5.92 Å². The van der Waals surface area contributed by atoms with Crippen molar-refractivity contribution in [3.05, 3.63) is 54.0 Å². The van der Waals surface area contributed by atoms with Crippen LogP contribution < -0.4 is 15.4 Å². The Hall–Kier alpha value is -1.74. The van der Waals surface area contributed by atoms with Crippen molar-refractivity contribution in [2.75, 3.05) is 26.3 Å². The highest BCUT2D eigenvalue weighted by Gasteiger charge is 2.22. The number of rotatable bonds is 10. The lowest BCUT2D eigenvalue weighted by Crippen LogP contribution is -2.42. The fraction of sp³-hybridized carbons (Fsp3) is 0.542. The molecule has 0 spiro atoms. The van der Waals surface area contributed by atoms with E-state index in [2.05, 4.69) is 36.6 Å². The molecule has 172 valence electrons. The SMILES string of the molecule is CCOC(CCN=C(NCCc1ccco1)NC1CCOc2ccccc21)C(C)C.I. The molecule has 1 aromatic heterocycles. The number of fused-ring (bicyclic) bond motifs is 1. The zero-order valence-electron chi connectivity index (χ0n) is 18.8. The lowest BCUT2D eigenvalue weighted by atomic mass is 10.0. The molecule has 31 heavy (non-hydrogen) atoms. The van der Waals surface area contributed by atoms with E-state index >= 15 is 0 Å². The fourth-order valence-corrected chi connectivity index (χ4v) is 3.70. The van der Waals surface area contributed by atoms with Gasteiger partial charge in [0.05, 0.1) is 25.0 Å². The molecular weight excluding hydrogens is 505 g/mol. The Bertz CT molecular complexity index is 780. The lowest BCUT2D eigenvalue weighted by molar-refractivity contribution is 0.0266. The molecule has 0 fully saturated rings. The van der Waals surface area contributed by atoms with Crippen LogP contribution in [-0.2, 0) is 11.2 Å². The maximum atomic E-state index is 5.87. The predicted octanol–water partition coefficient (Wildman–Crippen LogP) is 4.95. The molecule has 0 bridgehead atoms. The van der Waals surface area contributed by atoms with Gasteiger partial charge in [0.15, 0.2) is 5.96 Å². The van der Waals surface area contributed by atoms with Crippen LogP contribution in [0.15, 0.2) is 52.1 Å². The van der Waals surface area contributed by atoms with Gasteiger partial charge < -0.3 is 24.5 Å². The van der Waals surface area contributed by atoms with Gasteiger partial charge in [0, 0.05) is 38.1 Å². The Morgan fingerprint density at radius 1 is 1.23 bits per heavy atom. The summed E-state index contributed by atoms with van der Waals surface area (Å²) in [4.78, 5) is 4.86. The van der Waals surface area contributed by atoms with Crippen molar-refractivity contribution in [2.45, 2.75) is 52.2 Å². The van der Waals surface area contributed by atoms with Gasteiger partial charge in [-0.15, -0.1) is 24.0 Å². The van der Waals surface area contributed by atoms with Gasteiger partial charge in [-0.25, -0.2) is 0 Å². The van der Waals surface area contributed by atoms with E-state index in [4.69, 9.17) is 18.9 Å². The Morgan fingerprint density at radius 3 is 2.81 bits per heavy atom. The lowest BCUT2D eigenvalue weighted by Gasteiger charge is -2.28. The highest BCUT2D eigenvalue weighted by Crippen LogP contribution is 2.31. The number of para-hydroxylation sites is 1. The molecular formula is C24H36IN3O3. The van der Waals surface area contributed by atoms with Crippen molar-refractivity contribution in [3.63, 3.8) is 0 Å². The van der Waals surface area contributed by atoms with E-state index < -0.39 is 0 Å². The third-order valence-corrected chi connectivity index (χ3v) is 5.32. The van der Waals surface area contributed by atoms with Crippen LogP contribution in [0.2, 0.25) is 0 Å². The normalized spacial score (nSPS) is 16.8. The number of nitrogens with one attached hydrogen (secondary N) is 2. The van der Waals surface area contributed by atoms with E-state index in [0.29, 0.717) is 19.1 Å².